The molecule has 1 aliphatic rings. The van der Waals surface area contributed by atoms with E-state index in [0.29, 0.717) is 13.1 Å². The molecule has 1 aromatic rings. The number of rotatable bonds is 2. The van der Waals surface area contributed by atoms with E-state index in [0.717, 1.165) is 17.9 Å². The number of anilines is 1. The van der Waals surface area contributed by atoms with Gasteiger partial charge in [0, 0.05) is 19.6 Å². The van der Waals surface area contributed by atoms with Crippen molar-refractivity contribution in [3.8, 4) is 0 Å². The lowest BCUT2D eigenvalue weighted by Gasteiger charge is -2.34. The van der Waals surface area contributed by atoms with Crippen molar-refractivity contribution >= 4 is 11.6 Å². The van der Waals surface area contributed by atoms with Crippen LogP contribution >= 0.6 is 0 Å². The maximum Gasteiger partial charge on any atom is 0.242 e. The Hall–Kier alpha value is -1.62. The number of nitrogens with one attached hydrogen (secondary N) is 1. The molecule has 16 heavy (non-hydrogen) atoms. The van der Waals surface area contributed by atoms with Crippen LogP contribution in [-0.4, -0.2) is 30.0 Å². The van der Waals surface area contributed by atoms with Gasteiger partial charge in [-0.05, 0) is 19.1 Å². The summed E-state index contributed by atoms with van der Waals surface area (Å²) in [6.45, 7) is 3.83. The van der Waals surface area contributed by atoms with E-state index in [-0.39, 0.29) is 11.9 Å². The van der Waals surface area contributed by atoms with E-state index < -0.39 is 0 Å². The molecule has 2 heterocycles. The molecule has 5 heteroatoms. The fraction of sp³-hybridized carbons (Fsp3) is 0.455. The van der Waals surface area contributed by atoms with Gasteiger partial charge in [0.1, 0.15) is 6.04 Å². The van der Waals surface area contributed by atoms with Gasteiger partial charge in [-0.2, -0.15) is 0 Å². The second-order valence-electron chi connectivity index (χ2n) is 3.87. The van der Waals surface area contributed by atoms with Crippen molar-refractivity contribution in [1.82, 2.24) is 10.3 Å². The third-order valence-electron chi connectivity index (χ3n) is 2.85. The largest absolute Gasteiger partial charge is 0.357 e. The van der Waals surface area contributed by atoms with Crippen LogP contribution in [-0.2, 0) is 11.3 Å². The summed E-state index contributed by atoms with van der Waals surface area (Å²) in [5.41, 5.74) is 7.32. The Morgan fingerprint density at radius 2 is 2.44 bits per heavy atom. The van der Waals surface area contributed by atoms with E-state index in [1.807, 2.05) is 24.0 Å². The zero-order valence-electron chi connectivity index (χ0n) is 9.31. The van der Waals surface area contributed by atoms with Gasteiger partial charge in [0.2, 0.25) is 5.91 Å². The van der Waals surface area contributed by atoms with Crippen LogP contribution in [0.5, 0.6) is 0 Å². The zero-order valence-corrected chi connectivity index (χ0v) is 9.31. The van der Waals surface area contributed by atoms with Crippen molar-refractivity contribution in [3.05, 3.63) is 24.0 Å². The molecule has 3 N–H and O–H groups in total. The summed E-state index contributed by atoms with van der Waals surface area (Å²) in [6.07, 6.45) is 1.78. The molecule has 0 spiro atoms. The molecule has 5 nitrogen and oxygen atoms in total. The van der Waals surface area contributed by atoms with Crippen LogP contribution < -0.4 is 16.0 Å². The minimum atomic E-state index is -0.140. The van der Waals surface area contributed by atoms with Crippen molar-refractivity contribution in [2.75, 3.05) is 18.0 Å². The molecular weight excluding hydrogens is 204 g/mol. The highest BCUT2D eigenvalue weighted by Gasteiger charge is 2.25. The Morgan fingerprint density at radius 1 is 1.62 bits per heavy atom. The quantitative estimate of drug-likeness (QED) is 0.728. The molecule has 86 valence electrons. The van der Waals surface area contributed by atoms with Gasteiger partial charge in [0.05, 0.1) is 17.6 Å². The highest BCUT2D eigenvalue weighted by molar-refractivity contribution is 5.86. The molecule has 1 fully saturated rings. The summed E-state index contributed by atoms with van der Waals surface area (Å²) in [6, 6.07) is 3.72. The summed E-state index contributed by atoms with van der Waals surface area (Å²) in [4.78, 5) is 17.8. The molecule has 0 bridgehead atoms. The van der Waals surface area contributed by atoms with Crippen molar-refractivity contribution in [2.24, 2.45) is 5.73 Å². The SMILES string of the molecule is CC1C(=O)NCCN1c1ccc(CN)nc1. The van der Waals surface area contributed by atoms with Gasteiger partial charge in [-0.3, -0.25) is 9.78 Å². The molecule has 1 amide bonds. The molecule has 0 saturated carbocycles. The first kappa shape index (κ1) is 10.9. The molecule has 1 unspecified atom stereocenters. The summed E-state index contributed by atoms with van der Waals surface area (Å²) in [5, 5.41) is 2.83. The van der Waals surface area contributed by atoms with Crippen LogP contribution in [0.3, 0.4) is 0 Å². The number of hydrogen-bond donors (Lipinski definition) is 2. The summed E-state index contributed by atoms with van der Waals surface area (Å²) < 4.78 is 0. The fourth-order valence-corrected chi connectivity index (χ4v) is 1.84. The van der Waals surface area contributed by atoms with Gasteiger partial charge in [0.15, 0.2) is 0 Å². The summed E-state index contributed by atoms with van der Waals surface area (Å²) >= 11 is 0. The normalized spacial score (nSPS) is 20.8. The lowest BCUT2D eigenvalue weighted by molar-refractivity contribution is -0.122. The number of aromatic nitrogens is 1. The number of piperazine rings is 1. The lowest BCUT2D eigenvalue weighted by atomic mass is 10.2. The van der Waals surface area contributed by atoms with Gasteiger partial charge in [-0.1, -0.05) is 0 Å². The van der Waals surface area contributed by atoms with Crippen LogP contribution in [0.25, 0.3) is 0 Å². The Balaban J connectivity index is 2.19. The number of nitrogens with two attached hydrogens (primary N) is 1. The van der Waals surface area contributed by atoms with E-state index in [1.54, 1.807) is 6.20 Å². The molecule has 1 aromatic heterocycles. The highest BCUT2D eigenvalue weighted by Crippen LogP contribution is 2.17. The average Bonchev–Trinajstić information content (AvgIpc) is 2.33. The van der Waals surface area contributed by atoms with E-state index in [1.165, 1.54) is 0 Å². The van der Waals surface area contributed by atoms with Crippen LogP contribution in [0.4, 0.5) is 5.69 Å². The van der Waals surface area contributed by atoms with Gasteiger partial charge in [0.25, 0.3) is 0 Å². The highest BCUT2D eigenvalue weighted by atomic mass is 16.2. The molecular formula is C11H16N4O. The van der Waals surface area contributed by atoms with Crippen LogP contribution in [0.15, 0.2) is 18.3 Å². The molecule has 1 saturated heterocycles. The Labute approximate surface area is 94.6 Å². The average molecular weight is 220 g/mol. The predicted octanol–water partition coefficient (Wildman–Crippen LogP) is -0.135. The molecule has 1 aliphatic heterocycles. The van der Waals surface area contributed by atoms with E-state index in [4.69, 9.17) is 5.73 Å². The third kappa shape index (κ3) is 1.99. The standard InChI is InChI=1S/C11H16N4O/c1-8-11(16)13-4-5-15(8)10-3-2-9(6-12)14-7-10/h2-3,7-8H,4-6,12H2,1H3,(H,13,16). The summed E-state index contributed by atoms with van der Waals surface area (Å²) in [5.74, 6) is 0.0640. The minimum absolute atomic E-state index is 0.0640. The molecule has 1 atom stereocenters. The number of carbonyl (C=O) groups is 1. The smallest absolute Gasteiger partial charge is 0.242 e. The number of carbonyl (C=O) groups excluding carboxylic acids is 1. The molecule has 0 aromatic carbocycles. The monoisotopic (exact) mass is 220 g/mol. The maximum absolute atomic E-state index is 11.5. The van der Waals surface area contributed by atoms with E-state index in [9.17, 15) is 4.79 Å². The fourth-order valence-electron chi connectivity index (χ4n) is 1.84. The first-order valence-corrected chi connectivity index (χ1v) is 5.41. The first-order chi connectivity index (χ1) is 7.72. The molecule has 2 rings (SSSR count). The number of amides is 1. The van der Waals surface area contributed by atoms with Gasteiger partial charge in [-0.15, -0.1) is 0 Å². The van der Waals surface area contributed by atoms with Crippen molar-refractivity contribution < 1.29 is 4.79 Å². The van der Waals surface area contributed by atoms with Crippen molar-refractivity contribution in [2.45, 2.75) is 19.5 Å². The second kappa shape index (κ2) is 4.49. The number of nitrogens with zero attached hydrogens (tertiary/aromatic N) is 2. The van der Waals surface area contributed by atoms with Crippen LogP contribution in [0, 0.1) is 0 Å². The van der Waals surface area contributed by atoms with Gasteiger partial charge < -0.3 is 16.0 Å². The summed E-state index contributed by atoms with van der Waals surface area (Å²) in [7, 11) is 0. The van der Waals surface area contributed by atoms with Crippen molar-refractivity contribution in [1.29, 1.82) is 0 Å². The lowest BCUT2D eigenvalue weighted by Crippen LogP contribution is -2.54. The second-order valence-corrected chi connectivity index (χ2v) is 3.87. The van der Waals surface area contributed by atoms with Crippen molar-refractivity contribution in [3.63, 3.8) is 0 Å². The molecule has 0 aliphatic carbocycles. The third-order valence-corrected chi connectivity index (χ3v) is 2.85. The number of hydrogen-bond acceptors (Lipinski definition) is 4. The predicted molar refractivity (Wildman–Crippen MR) is 61.9 cm³/mol. The van der Waals surface area contributed by atoms with Crippen LogP contribution in [0.2, 0.25) is 0 Å². The van der Waals surface area contributed by atoms with E-state index in [2.05, 4.69) is 10.3 Å². The van der Waals surface area contributed by atoms with Gasteiger partial charge >= 0.3 is 0 Å². The topological polar surface area (TPSA) is 71.2 Å². The number of pyridine rings is 1. The Bertz CT molecular complexity index is 376. The van der Waals surface area contributed by atoms with Crippen LogP contribution in [0.1, 0.15) is 12.6 Å². The van der Waals surface area contributed by atoms with E-state index >= 15 is 0 Å². The zero-order chi connectivity index (χ0) is 11.5. The van der Waals surface area contributed by atoms with Gasteiger partial charge in [-0.25, -0.2) is 0 Å². The minimum Gasteiger partial charge on any atom is -0.357 e. The molecule has 0 radical (unpaired) electrons. The maximum atomic E-state index is 11.5. The Kier molecular flexibility index (Phi) is 3.05. The first-order valence-electron chi connectivity index (χ1n) is 5.41. The Morgan fingerprint density at radius 3 is 3.06 bits per heavy atom.